The number of aryl methyl sites for hydroxylation is 1. The van der Waals surface area contributed by atoms with Crippen LogP contribution in [0, 0.1) is 0 Å². The molecule has 0 bridgehead atoms. The second-order valence-electron chi connectivity index (χ2n) is 3.68. The third kappa shape index (κ3) is 2.80. The fourth-order valence-electron chi connectivity index (χ4n) is 1.50. The summed E-state index contributed by atoms with van der Waals surface area (Å²) in [5.74, 6) is 1.65. The van der Waals surface area contributed by atoms with E-state index >= 15 is 0 Å². The highest BCUT2D eigenvalue weighted by atomic mass is 35.5. The van der Waals surface area contributed by atoms with Crippen LogP contribution in [-0.4, -0.2) is 10.1 Å². The molecule has 2 N–H and O–H groups in total. The smallest absolute Gasteiger partial charge is 0.264 e. The first-order valence-corrected chi connectivity index (χ1v) is 6.04. The van der Waals surface area contributed by atoms with Crippen LogP contribution < -0.4 is 10.5 Å². The van der Waals surface area contributed by atoms with E-state index in [2.05, 4.69) is 10.1 Å². The molecule has 1 aromatic carbocycles. The van der Waals surface area contributed by atoms with Gasteiger partial charge in [0.15, 0.2) is 12.4 Å². The predicted octanol–water partition coefficient (Wildman–Crippen LogP) is 2.32. The first-order chi connectivity index (χ1) is 8.74. The van der Waals surface area contributed by atoms with Crippen LogP contribution in [0.3, 0.4) is 0 Å². The molecule has 0 unspecified atom stereocenters. The molecule has 0 atom stereocenters. The Labute approximate surface area is 110 Å². The second kappa shape index (κ2) is 5.84. The number of nitrogens with zero attached hydrogens (tertiary/aromatic N) is 2. The highest BCUT2D eigenvalue weighted by Crippen LogP contribution is 2.28. The van der Waals surface area contributed by atoms with Gasteiger partial charge in [-0.1, -0.05) is 35.8 Å². The van der Waals surface area contributed by atoms with Crippen molar-refractivity contribution >= 4 is 11.6 Å². The van der Waals surface area contributed by atoms with Gasteiger partial charge in [0, 0.05) is 18.5 Å². The van der Waals surface area contributed by atoms with Crippen LogP contribution in [0.4, 0.5) is 0 Å². The maximum absolute atomic E-state index is 6.06. The zero-order valence-electron chi connectivity index (χ0n) is 10.0. The molecule has 1 heterocycles. The quantitative estimate of drug-likeness (QED) is 0.900. The van der Waals surface area contributed by atoms with Gasteiger partial charge in [0.2, 0.25) is 0 Å². The van der Waals surface area contributed by atoms with Crippen molar-refractivity contribution in [2.24, 2.45) is 5.73 Å². The van der Waals surface area contributed by atoms with Crippen LogP contribution in [0.5, 0.6) is 5.75 Å². The standard InChI is InChI=1S/C12H14ClN3O2/c1-2-10-15-11(18-16-10)7-17-12-8(6-14)4-3-5-9(12)13/h3-5H,2,6-7,14H2,1H3. The molecule has 0 fully saturated rings. The average molecular weight is 268 g/mol. The number of aromatic nitrogens is 2. The average Bonchev–Trinajstić information content (AvgIpc) is 2.85. The maximum atomic E-state index is 6.06. The summed E-state index contributed by atoms with van der Waals surface area (Å²) in [4.78, 5) is 4.15. The minimum absolute atomic E-state index is 0.184. The first kappa shape index (κ1) is 12.9. The van der Waals surface area contributed by atoms with E-state index in [1.807, 2.05) is 19.1 Å². The molecule has 2 rings (SSSR count). The predicted molar refractivity (Wildman–Crippen MR) is 67.4 cm³/mol. The molecule has 0 saturated carbocycles. The van der Waals surface area contributed by atoms with Crippen LogP contribution in [0.1, 0.15) is 24.2 Å². The Kier molecular flexibility index (Phi) is 4.17. The summed E-state index contributed by atoms with van der Waals surface area (Å²) >= 11 is 6.06. The molecule has 0 aliphatic heterocycles. The van der Waals surface area contributed by atoms with Crippen LogP contribution in [0.15, 0.2) is 22.7 Å². The lowest BCUT2D eigenvalue weighted by Gasteiger charge is -2.10. The molecule has 0 spiro atoms. The fraction of sp³-hybridized carbons (Fsp3) is 0.333. The zero-order valence-corrected chi connectivity index (χ0v) is 10.8. The van der Waals surface area contributed by atoms with Gasteiger partial charge in [-0.3, -0.25) is 0 Å². The third-order valence-electron chi connectivity index (χ3n) is 2.43. The van der Waals surface area contributed by atoms with E-state index in [1.54, 1.807) is 6.07 Å². The summed E-state index contributed by atoms with van der Waals surface area (Å²) in [6, 6.07) is 5.45. The highest BCUT2D eigenvalue weighted by Gasteiger charge is 2.10. The minimum Gasteiger partial charge on any atom is -0.482 e. The Balaban J connectivity index is 2.10. The van der Waals surface area contributed by atoms with Gasteiger partial charge in [-0.2, -0.15) is 4.98 Å². The summed E-state index contributed by atoms with van der Waals surface area (Å²) in [6.45, 7) is 2.50. The van der Waals surface area contributed by atoms with E-state index in [0.29, 0.717) is 29.0 Å². The Hall–Kier alpha value is -1.59. The van der Waals surface area contributed by atoms with Crippen LogP contribution in [-0.2, 0) is 19.6 Å². The van der Waals surface area contributed by atoms with E-state index in [0.717, 1.165) is 12.0 Å². The normalized spacial score (nSPS) is 10.6. The lowest BCUT2D eigenvalue weighted by molar-refractivity contribution is 0.241. The number of hydrogen-bond acceptors (Lipinski definition) is 5. The van der Waals surface area contributed by atoms with Crippen molar-refractivity contribution in [3.05, 3.63) is 40.5 Å². The van der Waals surface area contributed by atoms with Crippen molar-refractivity contribution in [1.82, 2.24) is 10.1 Å². The topological polar surface area (TPSA) is 74.2 Å². The molecule has 6 heteroatoms. The monoisotopic (exact) mass is 267 g/mol. The van der Waals surface area contributed by atoms with E-state index < -0.39 is 0 Å². The maximum Gasteiger partial charge on any atom is 0.264 e. The molecule has 5 nitrogen and oxygen atoms in total. The second-order valence-corrected chi connectivity index (χ2v) is 4.09. The number of halogens is 1. The largest absolute Gasteiger partial charge is 0.482 e. The molecule has 1 aromatic heterocycles. The Bertz CT molecular complexity index is 528. The van der Waals surface area contributed by atoms with E-state index in [-0.39, 0.29) is 6.61 Å². The molecule has 0 aliphatic carbocycles. The van der Waals surface area contributed by atoms with Crippen molar-refractivity contribution in [1.29, 1.82) is 0 Å². The summed E-state index contributed by atoms with van der Waals surface area (Å²) in [6.07, 6.45) is 0.726. The number of benzene rings is 1. The highest BCUT2D eigenvalue weighted by molar-refractivity contribution is 6.32. The molecule has 0 radical (unpaired) electrons. The van der Waals surface area contributed by atoms with Gasteiger partial charge >= 0.3 is 0 Å². The van der Waals surface area contributed by atoms with Crippen LogP contribution in [0.25, 0.3) is 0 Å². The molecular weight excluding hydrogens is 254 g/mol. The van der Waals surface area contributed by atoms with E-state index in [1.165, 1.54) is 0 Å². The van der Waals surface area contributed by atoms with Gasteiger partial charge < -0.3 is 15.0 Å². The number of ether oxygens (including phenoxy) is 1. The molecular formula is C12H14ClN3O2. The van der Waals surface area contributed by atoms with Crippen molar-refractivity contribution in [3.63, 3.8) is 0 Å². The minimum atomic E-state index is 0.184. The summed E-state index contributed by atoms with van der Waals surface area (Å²) < 4.78 is 10.6. The molecule has 18 heavy (non-hydrogen) atoms. The lowest BCUT2D eigenvalue weighted by Crippen LogP contribution is -2.03. The zero-order chi connectivity index (χ0) is 13.0. The van der Waals surface area contributed by atoms with Crippen molar-refractivity contribution in [2.75, 3.05) is 0 Å². The van der Waals surface area contributed by atoms with Gasteiger partial charge in [-0.05, 0) is 6.07 Å². The summed E-state index contributed by atoms with van der Waals surface area (Å²) in [5.41, 5.74) is 6.47. The van der Waals surface area contributed by atoms with Crippen LogP contribution in [0.2, 0.25) is 5.02 Å². The summed E-state index contributed by atoms with van der Waals surface area (Å²) in [7, 11) is 0. The Morgan fingerprint density at radius 1 is 1.44 bits per heavy atom. The Morgan fingerprint density at radius 2 is 2.28 bits per heavy atom. The number of nitrogens with two attached hydrogens (primary N) is 1. The Morgan fingerprint density at radius 3 is 2.94 bits per heavy atom. The van der Waals surface area contributed by atoms with Crippen molar-refractivity contribution < 1.29 is 9.26 Å². The van der Waals surface area contributed by atoms with E-state index in [9.17, 15) is 0 Å². The van der Waals surface area contributed by atoms with Gasteiger partial charge in [0.1, 0.15) is 5.75 Å². The third-order valence-corrected chi connectivity index (χ3v) is 2.73. The van der Waals surface area contributed by atoms with Crippen molar-refractivity contribution in [3.8, 4) is 5.75 Å². The SMILES string of the molecule is CCc1noc(COc2c(Cl)cccc2CN)n1. The summed E-state index contributed by atoms with van der Waals surface area (Å²) in [5, 5.41) is 4.31. The van der Waals surface area contributed by atoms with Crippen LogP contribution >= 0.6 is 11.6 Å². The van der Waals surface area contributed by atoms with E-state index in [4.69, 9.17) is 26.6 Å². The van der Waals surface area contributed by atoms with Gasteiger partial charge in [0.25, 0.3) is 5.89 Å². The first-order valence-electron chi connectivity index (χ1n) is 5.66. The molecule has 2 aromatic rings. The number of hydrogen-bond donors (Lipinski definition) is 1. The number of para-hydroxylation sites is 1. The fourth-order valence-corrected chi connectivity index (χ4v) is 1.75. The van der Waals surface area contributed by atoms with Gasteiger partial charge in [-0.25, -0.2) is 0 Å². The van der Waals surface area contributed by atoms with Crippen molar-refractivity contribution in [2.45, 2.75) is 26.5 Å². The molecule has 0 amide bonds. The molecule has 0 aliphatic rings. The molecule has 0 saturated heterocycles. The van der Waals surface area contributed by atoms with Gasteiger partial charge in [-0.15, -0.1) is 0 Å². The number of rotatable bonds is 5. The molecule has 96 valence electrons. The van der Waals surface area contributed by atoms with Gasteiger partial charge in [0.05, 0.1) is 5.02 Å². The lowest BCUT2D eigenvalue weighted by atomic mass is 10.2.